The Balaban J connectivity index is 2.07. The van der Waals surface area contributed by atoms with Gasteiger partial charge < -0.3 is 9.84 Å². The predicted molar refractivity (Wildman–Crippen MR) is 64.1 cm³/mol. The molecule has 2 heterocycles. The van der Waals surface area contributed by atoms with Crippen molar-refractivity contribution in [1.29, 1.82) is 0 Å². The fourth-order valence-corrected chi connectivity index (χ4v) is 2.85. The summed E-state index contributed by atoms with van der Waals surface area (Å²) < 4.78 is 5.36. The van der Waals surface area contributed by atoms with Gasteiger partial charge in [0, 0.05) is 24.2 Å². The number of hydrogen-bond acceptors (Lipinski definition) is 5. The molecule has 1 aromatic heterocycles. The van der Waals surface area contributed by atoms with Gasteiger partial charge in [-0.3, -0.25) is 9.69 Å². The van der Waals surface area contributed by atoms with Gasteiger partial charge in [0.2, 0.25) is 0 Å². The van der Waals surface area contributed by atoms with Crippen molar-refractivity contribution in [2.45, 2.75) is 25.4 Å². The van der Waals surface area contributed by atoms with Crippen molar-refractivity contribution >= 4 is 17.3 Å². The Morgan fingerprint density at radius 1 is 1.82 bits per heavy atom. The Labute approximate surface area is 104 Å². The first-order chi connectivity index (χ1) is 8.18. The first-order valence-electron chi connectivity index (χ1n) is 5.63. The van der Waals surface area contributed by atoms with Crippen LogP contribution in [-0.2, 0) is 9.53 Å². The Morgan fingerprint density at radius 2 is 2.65 bits per heavy atom. The second-order valence-corrected chi connectivity index (χ2v) is 5.04. The molecule has 1 aliphatic heterocycles. The van der Waals surface area contributed by atoms with Crippen LogP contribution in [0.4, 0.5) is 0 Å². The van der Waals surface area contributed by atoms with Crippen molar-refractivity contribution < 1.29 is 14.6 Å². The molecule has 2 rings (SSSR count). The van der Waals surface area contributed by atoms with E-state index in [9.17, 15) is 4.79 Å². The molecule has 6 heteroatoms. The molecule has 94 valence electrons. The lowest BCUT2D eigenvalue weighted by Gasteiger charge is -2.38. The van der Waals surface area contributed by atoms with E-state index < -0.39 is 5.97 Å². The van der Waals surface area contributed by atoms with Crippen LogP contribution in [0.2, 0.25) is 0 Å². The molecule has 5 nitrogen and oxygen atoms in total. The summed E-state index contributed by atoms with van der Waals surface area (Å²) in [6, 6.07) is 0.100. The number of hydrogen-bond donors (Lipinski definition) is 1. The molecule has 0 saturated carbocycles. The van der Waals surface area contributed by atoms with Gasteiger partial charge in [-0.05, 0) is 6.92 Å². The smallest absolute Gasteiger partial charge is 0.305 e. The minimum atomic E-state index is -0.781. The zero-order chi connectivity index (χ0) is 12.3. The number of aliphatic carboxylic acids is 1. The Hall–Kier alpha value is -0.980. The van der Waals surface area contributed by atoms with Crippen LogP contribution >= 0.6 is 11.3 Å². The number of morpholine rings is 1. The number of rotatable bonds is 4. The van der Waals surface area contributed by atoms with E-state index >= 15 is 0 Å². The lowest BCUT2D eigenvalue weighted by Crippen LogP contribution is -2.47. The summed E-state index contributed by atoms with van der Waals surface area (Å²) >= 11 is 1.60. The standard InChI is InChI=1S/C11H16N2O3S/c1-8(11-12-2-5-17-11)13-3-4-16-7-9(13)6-10(14)15/h2,5,8-9H,3-4,6-7H2,1H3,(H,14,15). The number of ether oxygens (including phenoxy) is 1. The Bertz CT molecular complexity index is 369. The van der Waals surface area contributed by atoms with E-state index in [1.807, 2.05) is 5.38 Å². The van der Waals surface area contributed by atoms with Crippen LogP contribution in [0.1, 0.15) is 24.4 Å². The molecule has 1 fully saturated rings. The molecule has 1 N–H and O–H groups in total. The van der Waals surface area contributed by atoms with Crippen molar-refractivity contribution in [2.75, 3.05) is 19.8 Å². The van der Waals surface area contributed by atoms with Gasteiger partial charge in [0.05, 0.1) is 25.7 Å². The summed E-state index contributed by atoms with van der Waals surface area (Å²) in [6.07, 6.45) is 1.90. The maximum absolute atomic E-state index is 10.8. The second kappa shape index (κ2) is 5.57. The van der Waals surface area contributed by atoms with Gasteiger partial charge in [0.15, 0.2) is 0 Å². The first-order valence-corrected chi connectivity index (χ1v) is 6.51. The molecule has 0 amide bonds. The molecule has 2 atom stereocenters. The van der Waals surface area contributed by atoms with Crippen LogP contribution in [0.25, 0.3) is 0 Å². The molecule has 0 aliphatic carbocycles. The average molecular weight is 256 g/mol. The molecule has 2 unspecified atom stereocenters. The Kier molecular flexibility index (Phi) is 4.09. The first kappa shape index (κ1) is 12.5. The van der Waals surface area contributed by atoms with Gasteiger partial charge in [-0.25, -0.2) is 4.98 Å². The molecule has 0 radical (unpaired) electrons. The third kappa shape index (κ3) is 3.02. The van der Waals surface area contributed by atoms with Gasteiger partial charge in [0.25, 0.3) is 0 Å². The normalized spacial score (nSPS) is 23.5. The average Bonchev–Trinajstić information content (AvgIpc) is 2.81. The van der Waals surface area contributed by atoms with E-state index in [1.165, 1.54) is 0 Å². The summed E-state index contributed by atoms with van der Waals surface area (Å²) in [5.74, 6) is -0.781. The third-order valence-electron chi connectivity index (χ3n) is 2.99. The van der Waals surface area contributed by atoms with Gasteiger partial charge in [0.1, 0.15) is 5.01 Å². The van der Waals surface area contributed by atoms with E-state index in [0.717, 1.165) is 11.6 Å². The summed E-state index contributed by atoms with van der Waals surface area (Å²) in [6.45, 7) is 3.98. The largest absolute Gasteiger partial charge is 0.481 e. The van der Waals surface area contributed by atoms with E-state index in [-0.39, 0.29) is 18.5 Å². The lowest BCUT2D eigenvalue weighted by atomic mass is 10.1. The second-order valence-electron chi connectivity index (χ2n) is 4.11. The fourth-order valence-electron chi connectivity index (χ4n) is 2.14. The highest BCUT2D eigenvalue weighted by atomic mass is 32.1. The molecule has 0 bridgehead atoms. The van der Waals surface area contributed by atoms with Gasteiger partial charge in [-0.15, -0.1) is 11.3 Å². The van der Waals surface area contributed by atoms with E-state index in [0.29, 0.717) is 13.2 Å². The van der Waals surface area contributed by atoms with Crippen LogP contribution in [0, 0.1) is 0 Å². The SMILES string of the molecule is CC(c1nccs1)N1CCOCC1CC(=O)O. The highest BCUT2D eigenvalue weighted by Crippen LogP contribution is 2.26. The molecule has 0 spiro atoms. The van der Waals surface area contributed by atoms with Gasteiger partial charge in [-0.1, -0.05) is 0 Å². The van der Waals surface area contributed by atoms with Crippen molar-refractivity contribution in [1.82, 2.24) is 9.88 Å². The van der Waals surface area contributed by atoms with Crippen LogP contribution in [0.5, 0.6) is 0 Å². The number of carboxylic acids is 1. The highest BCUT2D eigenvalue weighted by Gasteiger charge is 2.30. The zero-order valence-corrected chi connectivity index (χ0v) is 10.5. The van der Waals surface area contributed by atoms with Crippen LogP contribution in [0.15, 0.2) is 11.6 Å². The number of nitrogens with zero attached hydrogens (tertiary/aromatic N) is 2. The summed E-state index contributed by atoms with van der Waals surface area (Å²) in [4.78, 5) is 17.3. The van der Waals surface area contributed by atoms with E-state index in [1.54, 1.807) is 17.5 Å². The number of carbonyl (C=O) groups is 1. The number of carboxylic acid groups (broad SMARTS) is 1. The van der Waals surface area contributed by atoms with Crippen molar-refractivity contribution in [3.8, 4) is 0 Å². The van der Waals surface area contributed by atoms with Crippen molar-refractivity contribution in [2.24, 2.45) is 0 Å². The maximum atomic E-state index is 10.8. The lowest BCUT2D eigenvalue weighted by molar-refractivity contribution is -0.140. The molecule has 1 saturated heterocycles. The van der Waals surface area contributed by atoms with Crippen LogP contribution in [-0.4, -0.2) is 46.8 Å². The summed E-state index contributed by atoms with van der Waals surface area (Å²) in [7, 11) is 0. The van der Waals surface area contributed by atoms with Crippen LogP contribution in [0.3, 0.4) is 0 Å². The van der Waals surface area contributed by atoms with Crippen molar-refractivity contribution in [3.63, 3.8) is 0 Å². The summed E-state index contributed by atoms with van der Waals surface area (Å²) in [5.41, 5.74) is 0. The predicted octanol–water partition coefficient (Wildman–Crippen LogP) is 1.38. The van der Waals surface area contributed by atoms with Crippen LogP contribution < -0.4 is 0 Å². The quantitative estimate of drug-likeness (QED) is 0.881. The molecule has 0 aromatic carbocycles. The fraction of sp³-hybridized carbons (Fsp3) is 0.636. The summed E-state index contributed by atoms with van der Waals surface area (Å²) in [5, 5.41) is 11.9. The maximum Gasteiger partial charge on any atom is 0.305 e. The zero-order valence-electron chi connectivity index (χ0n) is 9.70. The minimum absolute atomic E-state index is 0.0554. The monoisotopic (exact) mass is 256 g/mol. The van der Waals surface area contributed by atoms with E-state index in [4.69, 9.17) is 9.84 Å². The molecular formula is C11H16N2O3S. The third-order valence-corrected chi connectivity index (χ3v) is 3.94. The molecular weight excluding hydrogens is 240 g/mol. The number of thiazole rings is 1. The topological polar surface area (TPSA) is 62.7 Å². The van der Waals surface area contributed by atoms with Crippen molar-refractivity contribution in [3.05, 3.63) is 16.6 Å². The highest BCUT2D eigenvalue weighted by molar-refractivity contribution is 7.09. The van der Waals surface area contributed by atoms with Gasteiger partial charge >= 0.3 is 5.97 Å². The van der Waals surface area contributed by atoms with E-state index in [2.05, 4.69) is 16.8 Å². The molecule has 1 aromatic rings. The van der Waals surface area contributed by atoms with Gasteiger partial charge in [-0.2, -0.15) is 0 Å². The minimum Gasteiger partial charge on any atom is -0.481 e. The number of aromatic nitrogens is 1. The Morgan fingerprint density at radius 3 is 3.29 bits per heavy atom. The molecule has 1 aliphatic rings. The molecule has 17 heavy (non-hydrogen) atoms.